The lowest BCUT2D eigenvalue weighted by atomic mass is 10.1. The van der Waals surface area contributed by atoms with Crippen LogP contribution < -0.4 is 10.9 Å². The topological polar surface area (TPSA) is 99.3 Å². The number of aromatic nitrogens is 1. The van der Waals surface area contributed by atoms with Crippen molar-refractivity contribution in [3.05, 3.63) is 62.5 Å². The third-order valence-corrected chi connectivity index (χ3v) is 3.09. The first-order valence-corrected chi connectivity index (χ1v) is 6.31. The molecule has 108 valence electrons. The number of pyridine rings is 1. The van der Waals surface area contributed by atoms with E-state index in [1.165, 1.54) is 24.3 Å². The molecule has 6 nitrogen and oxygen atoms in total. The molecule has 0 radical (unpaired) electrons. The van der Waals surface area contributed by atoms with Gasteiger partial charge in [-0.05, 0) is 31.2 Å². The molecule has 0 saturated heterocycles. The van der Waals surface area contributed by atoms with Crippen LogP contribution in [0.5, 0.6) is 0 Å². The number of H-pyrrole nitrogens is 1. The minimum atomic E-state index is -1.27. The van der Waals surface area contributed by atoms with Gasteiger partial charge in [0.15, 0.2) is 0 Å². The highest BCUT2D eigenvalue weighted by molar-refractivity contribution is 6.34. The summed E-state index contributed by atoms with van der Waals surface area (Å²) in [4.78, 5) is 37.4. The molecule has 7 heteroatoms. The molecule has 0 fully saturated rings. The fraction of sp³-hybridized carbons (Fsp3) is 0.0714. The molecule has 2 aromatic rings. The van der Waals surface area contributed by atoms with Crippen LogP contribution in [-0.4, -0.2) is 22.0 Å². The fourth-order valence-electron chi connectivity index (χ4n) is 1.79. The number of anilines is 1. The van der Waals surface area contributed by atoms with E-state index in [-0.39, 0.29) is 21.8 Å². The lowest BCUT2D eigenvalue weighted by Gasteiger charge is -2.09. The number of carboxylic acids is 1. The third kappa shape index (κ3) is 3.11. The quantitative estimate of drug-likeness (QED) is 0.810. The zero-order valence-corrected chi connectivity index (χ0v) is 11.7. The number of nitrogens with one attached hydrogen (secondary N) is 2. The van der Waals surface area contributed by atoms with Gasteiger partial charge in [0.05, 0.1) is 10.7 Å². The van der Waals surface area contributed by atoms with E-state index in [1.807, 2.05) is 0 Å². The number of rotatable bonds is 3. The van der Waals surface area contributed by atoms with Crippen LogP contribution in [-0.2, 0) is 0 Å². The third-order valence-electron chi connectivity index (χ3n) is 2.78. The monoisotopic (exact) mass is 306 g/mol. The van der Waals surface area contributed by atoms with Crippen LogP contribution in [0.1, 0.15) is 26.4 Å². The van der Waals surface area contributed by atoms with Crippen LogP contribution in [0.15, 0.2) is 35.1 Å². The van der Waals surface area contributed by atoms with Crippen molar-refractivity contribution in [2.75, 3.05) is 5.32 Å². The van der Waals surface area contributed by atoms with Crippen LogP contribution >= 0.6 is 11.6 Å². The number of aryl methyl sites for hydroxylation is 1. The van der Waals surface area contributed by atoms with E-state index in [4.69, 9.17) is 16.7 Å². The summed E-state index contributed by atoms with van der Waals surface area (Å²) in [7, 11) is 0. The van der Waals surface area contributed by atoms with Gasteiger partial charge < -0.3 is 15.4 Å². The molecule has 3 N–H and O–H groups in total. The number of amides is 1. The smallest absolute Gasteiger partial charge is 0.339 e. The van der Waals surface area contributed by atoms with Gasteiger partial charge >= 0.3 is 5.97 Å². The van der Waals surface area contributed by atoms with Crippen molar-refractivity contribution >= 4 is 29.2 Å². The van der Waals surface area contributed by atoms with Crippen LogP contribution in [0, 0.1) is 6.92 Å². The standard InChI is InChI=1S/C14H11ClN2O4/c1-7-5-6-8(12(18)16-7)13(19)17-10-4-2-3-9(15)11(10)14(20)21/h2-6H,1H3,(H,16,18)(H,17,19)(H,20,21). The average Bonchev–Trinajstić information content (AvgIpc) is 2.37. The maximum Gasteiger partial charge on any atom is 0.339 e. The minimum Gasteiger partial charge on any atom is -0.478 e. The summed E-state index contributed by atoms with van der Waals surface area (Å²) in [6, 6.07) is 7.25. The Bertz CT molecular complexity index is 783. The van der Waals surface area contributed by atoms with Gasteiger partial charge in [0.2, 0.25) is 0 Å². The first-order valence-electron chi connectivity index (χ1n) is 5.93. The first kappa shape index (κ1) is 14.8. The SMILES string of the molecule is Cc1ccc(C(=O)Nc2cccc(Cl)c2C(=O)O)c(=O)[nH]1. The summed E-state index contributed by atoms with van der Waals surface area (Å²) in [5.41, 5.74) is -0.245. The minimum absolute atomic E-state index is 0.00174. The predicted octanol–water partition coefficient (Wildman–Crippen LogP) is 2.29. The van der Waals surface area contributed by atoms with Crippen molar-refractivity contribution in [2.24, 2.45) is 0 Å². The molecule has 21 heavy (non-hydrogen) atoms. The predicted molar refractivity (Wildman–Crippen MR) is 78.2 cm³/mol. The average molecular weight is 307 g/mol. The van der Waals surface area contributed by atoms with Crippen molar-refractivity contribution in [3.63, 3.8) is 0 Å². The van der Waals surface area contributed by atoms with Crippen molar-refractivity contribution < 1.29 is 14.7 Å². The second-order valence-corrected chi connectivity index (χ2v) is 4.71. The second-order valence-electron chi connectivity index (χ2n) is 4.31. The number of aromatic amines is 1. The van der Waals surface area contributed by atoms with Gasteiger partial charge in [-0.3, -0.25) is 9.59 Å². The highest BCUT2D eigenvalue weighted by Crippen LogP contribution is 2.24. The van der Waals surface area contributed by atoms with E-state index in [1.54, 1.807) is 13.0 Å². The Kier molecular flexibility index (Phi) is 4.09. The Hall–Kier alpha value is -2.60. The zero-order valence-electron chi connectivity index (χ0n) is 10.9. The Morgan fingerprint density at radius 2 is 1.95 bits per heavy atom. The highest BCUT2D eigenvalue weighted by atomic mass is 35.5. The maximum atomic E-state index is 12.1. The molecule has 0 aliphatic rings. The van der Waals surface area contributed by atoms with Gasteiger partial charge in [0.25, 0.3) is 11.5 Å². The number of benzene rings is 1. The Morgan fingerprint density at radius 3 is 2.57 bits per heavy atom. The van der Waals surface area contributed by atoms with E-state index in [0.717, 1.165) is 0 Å². The zero-order chi connectivity index (χ0) is 15.6. The van der Waals surface area contributed by atoms with Gasteiger partial charge in [-0.1, -0.05) is 17.7 Å². The van der Waals surface area contributed by atoms with Crippen LogP contribution in [0.4, 0.5) is 5.69 Å². The van der Waals surface area contributed by atoms with Gasteiger partial charge in [0, 0.05) is 5.69 Å². The van der Waals surface area contributed by atoms with Gasteiger partial charge in [-0.15, -0.1) is 0 Å². The molecule has 1 heterocycles. The molecule has 1 aromatic carbocycles. The molecule has 2 rings (SSSR count). The summed E-state index contributed by atoms with van der Waals surface area (Å²) in [6.07, 6.45) is 0. The molecule has 0 aliphatic carbocycles. The summed E-state index contributed by atoms with van der Waals surface area (Å²) in [6.45, 7) is 1.68. The second kappa shape index (κ2) is 5.80. The summed E-state index contributed by atoms with van der Waals surface area (Å²) < 4.78 is 0. The number of aromatic carboxylic acids is 1. The molecule has 1 aromatic heterocycles. The summed E-state index contributed by atoms with van der Waals surface area (Å²) in [5, 5.41) is 11.5. The first-order chi connectivity index (χ1) is 9.90. The molecule has 0 bridgehead atoms. The van der Waals surface area contributed by atoms with Gasteiger partial charge in [-0.2, -0.15) is 0 Å². The number of hydrogen-bond acceptors (Lipinski definition) is 3. The number of carboxylic acid groups (broad SMARTS) is 1. The molecule has 0 saturated carbocycles. The van der Waals surface area contributed by atoms with Gasteiger partial charge in [-0.25, -0.2) is 4.79 Å². The molecular weight excluding hydrogens is 296 g/mol. The molecular formula is C14H11ClN2O4. The number of hydrogen-bond donors (Lipinski definition) is 3. The summed E-state index contributed by atoms with van der Waals surface area (Å²) in [5.74, 6) is -1.98. The van der Waals surface area contributed by atoms with Gasteiger partial charge in [0.1, 0.15) is 11.1 Å². The van der Waals surface area contributed by atoms with E-state index < -0.39 is 17.4 Å². The van der Waals surface area contributed by atoms with Crippen LogP contribution in [0.25, 0.3) is 0 Å². The molecule has 0 aliphatic heterocycles. The van der Waals surface area contributed by atoms with Crippen molar-refractivity contribution in [1.29, 1.82) is 0 Å². The Labute approximate surface area is 124 Å². The molecule has 0 unspecified atom stereocenters. The fourth-order valence-corrected chi connectivity index (χ4v) is 2.04. The van der Waals surface area contributed by atoms with Crippen LogP contribution in [0.3, 0.4) is 0 Å². The van der Waals surface area contributed by atoms with E-state index >= 15 is 0 Å². The van der Waals surface area contributed by atoms with E-state index in [2.05, 4.69) is 10.3 Å². The highest BCUT2D eigenvalue weighted by Gasteiger charge is 2.18. The number of halogens is 1. The largest absolute Gasteiger partial charge is 0.478 e. The Balaban J connectivity index is 2.39. The van der Waals surface area contributed by atoms with Crippen molar-refractivity contribution in [1.82, 2.24) is 4.98 Å². The van der Waals surface area contributed by atoms with Crippen LogP contribution in [0.2, 0.25) is 5.02 Å². The lowest BCUT2D eigenvalue weighted by molar-refractivity contribution is 0.0698. The van der Waals surface area contributed by atoms with E-state index in [9.17, 15) is 14.4 Å². The maximum absolute atomic E-state index is 12.1. The lowest BCUT2D eigenvalue weighted by Crippen LogP contribution is -2.24. The normalized spacial score (nSPS) is 10.2. The number of carbonyl (C=O) groups excluding carboxylic acids is 1. The van der Waals surface area contributed by atoms with Crippen molar-refractivity contribution in [2.45, 2.75) is 6.92 Å². The van der Waals surface area contributed by atoms with Crippen molar-refractivity contribution in [3.8, 4) is 0 Å². The number of carbonyl (C=O) groups is 2. The Morgan fingerprint density at radius 1 is 1.24 bits per heavy atom. The molecule has 0 spiro atoms. The molecule has 0 atom stereocenters. The summed E-state index contributed by atoms with van der Waals surface area (Å²) >= 11 is 5.81. The molecule has 1 amide bonds. The van der Waals surface area contributed by atoms with E-state index in [0.29, 0.717) is 5.69 Å².